The van der Waals surface area contributed by atoms with E-state index in [0.29, 0.717) is 28.5 Å². The number of fused-ring (bicyclic) bond motifs is 2. The van der Waals surface area contributed by atoms with Gasteiger partial charge in [-0.2, -0.15) is 0 Å². The molecule has 0 unspecified atom stereocenters. The van der Waals surface area contributed by atoms with Crippen LogP contribution in [0.3, 0.4) is 0 Å². The molecule has 9 nitrogen and oxygen atoms in total. The molecule has 0 saturated carbocycles. The Kier molecular flexibility index (Phi) is 6.67. The van der Waals surface area contributed by atoms with Crippen LogP contribution in [0.1, 0.15) is 37.0 Å². The van der Waals surface area contributed by atoms with Gasteiger partial charge >= 0.3 is 11.6 Å². The lowest BCUT2D eigenvalue weighted by molar-refractivity contribution is -0.143. The number of carbonyl (C=O) groups is 3. The zero-order valence-corrected chi connectivity index (χ0v) is 18.4. The Morgan fingerprint density at radius 1 is 1.09 bits per heavy atom. The quantitative estimate of drug-likeness (QED) is 0.455. The maximum Gasteiger partial charge on any atom is 0.340 e. The molecule has 2 aromatic heterocycles. The van der Waals surface area contributed by atoms with E-state index in [1.807, 2.05) is 19.9 Å². The monoisotopic (exact) mass is 442 g/mol. The number of carboxylic acid groups (broad SMARTS) is 1. The third kappa shape index (κ3) is 4.66. The number of hydrogen-bond donors (Lipinski definition) is 3. The number of hydrogen-bond acceptors (Lipinski definition) is 6. The second-order valence-electron chi connectivity index (χ2n) is 7.98. The SMILES string of the molecule is CC[C@H](C)[C@@H](NC(=O)CNC(=O)Cc1c(C)c2cc3c(C)coc3cc2oc1=O)C(=O)O. The molecular formula is C23H26N2O7. The minimum atomic E-state index is -1.13. The van der Waals surface area contributed by atoms with E-state index in [9.17, 15) is 24.3 Å². The van der Waals surface area contributed by atoms with Crippen molar-refractivity contribution in [1.29, 1.82) is 0 Å². The molecule has 0 spiro atoms. The van der Waals surface area contributed by atoms with Crippen molar-refractivity contribution in [2.45, 2.75) is 46.6 Å². The number of rotatable bonds is 8. The molecule has 0 saturated heterocycles. The van der Waals surface area contributed by atoms with Crippen LogP contribution in [0.4, 0.5) is 0 Å². The van der Waals surface area contributed by atoms with Crippen molar-refractivity contribution in [2.24, 2.45) is 5.92 Å². The second-order valence-corrected chi connectivity index (χ2v) is 7.98. The summed E-state index contributed by atoms with van der Waals surface area (Å²) in [4.78, 5) is 48.3. The van der Waals surface area contributed by atoms with E-state index < -0.39 is 36.0 Å². The normalized spacial score (nSPS) is 13.1. The molecule has 2 amide bonds. The molecule has 9 heteroatoms. The highest BCUT2D eigenvalue weighted by molar-refractivity contribution is 5.97. The van der Waals surface area contributed by atoms with Crippen LogP contribution in [0.5, 0.6) is 0 Å². The number of furan rings is 1. The van der Waals surface area contributed by atoms with Gasteiger partial charge in [0.05, 0.1) is 24.8 Å². The molecule has 0 bridgehead atoms. The summed E-state index contributed by atoms with van der Waals surface area (Å²) in [5.41, 5.74) is 2.07. The Morgan fingerprint density at radius 3 is 2.47 bits per heavy atom. The molecule has 1 aromatic carbocycles. The van der Waals surface area contributed by atoms with Gasteiger partial charge in [-0.15, -0.1) is 0 Å². The van der Waals surface area contributed by atoms with Crippen LogP contribution < -0.4 is 16.3 Å². The zero-order chi connectivity index (χ0) is 23.6. The highest BCUT2D eigenvalue weighted by Crippen LogP contribution is 2.28. The number of nitrogens with one attached hydrogen (secondary N) is 2. The molecule has 3 aromatic rings. The van der Waals surface area contributed by atoms with E-state index in [4.69, 9.17) is 8.83 Å². The van der Waals surface area contributed by atoms with Crippen molar-refractivity contribution >= 4 is 39.7 Å². The molecule has 3 rings (SSSR count). The van der Waals surface area contributed by atoms with Crippen LogP contribution in [0.25, 0.3) is 21.9 Å². The number of aliphatic carboxylic acids is 1. The minimum Gasteiger partial charge on any atom is -0.480 e. The predicted molar refractivity (Wildman–Crippen MR) is 117 cm³/mol. The van der Waals surface area contributed by atoms with Gasteiger partial charge in [0, 0.05) is 16.8 Å². The van der Waals surface area contributed by atoms with Gasteiger partial charge in [-0.05, 0) is 37.0 Å². The van der Waals surface area contributed by atoms with E-state index in [0.717, 1.165) is 10.9 Å². The Labute approximate surface area is 183 Å². The Hall–Kier alpha value is -3.62. The summed E-state index contributed by atoms with van der Waals surface area (Å²) in [5.74, 6) is -2.57. The van der Waals surface area contributed by atoms with Gasteiger partial charge in [0.1, 0.15) is 17.2 Å². The smallest absolute Gasteiger partial charge is 0.340 e. The standard InChI is InChI=1S/C23H26N2O7/c1-5-11(2)21(22(28)29)25-20(27)9-24-19(26)7-16-13(4)15-6-14-12(3)10-31-17(14)8-18(15)32-23(16)30/h6,8,10-11,21H,5,7,9H2,1-4H3,(H,24,26)(H,25,27)(H,28,29)/t11-,21+/m0/s1. The van der Waals surface area contributed by atoms with Crippen molar-refractivity contribution in [3.63, 3.8) is 0 Å². The van der Waals surface area contributed by atoms with Crippen LogP contribution >= 0.6 is 0 Å². The van der Waals surface area contributed by atoms with E-state index in [1.165, 1.54) is 0 Å². The zero-order valence-electron chi connectivity index (χ0n) is 18.4. The van der Waals surface area contributed by atoms with E-state index in [-0.39, 0.29) is 17.9 Å². The van der Waals surface area contributed by atoms with Crippen LogP contribution in [0.2, 0.25) is 0 Å². The van der Waals surface area contributed by atoms with Gasteiger partial charge < -0.3 is 24.6 Å². The Bertz CT molecular complexity index is 1250. The highest BCUT2D eigenvalue weighted by atomic mass is 16.4. The lowest BCUT2D eigenvalue weighted by atomic mass is 9.99. The average Bonchev–Trinajstić information content (AvgIpc) is 3.11. The molecule has 2 atom stereocenters. The molecule has 0 fully saturated rings. The first-order valence-electron chi connectivity index (χ1n) is 10.3. The van der Waals surface area contributed by atoms with Gasteiger partial charge in [0.15, 0.2) is 0 Å². The predicted octanol–water partition coefficient (Wildman–Crippen LogP) is 2.43. The van der Waals surface area contributed by atoms with Crippen molar-refractivity contribution in [1.82, 2.24) is 10.6 Å². The number of carboxylic acids is 1. The third-order valence-electron chi connectivity index (χ3n) is 5.75. The molecule has 0 aliphatic heterocycles. The van der Waals surface area contributed by atoms with Crippen molar-refractivity contribution < 1.29 is 28.3 Å². The first kappa shape index (κ1) is 23.1. The lowest BCUT2D eigenvalue weighted by Gasteiger charge is -2.20. The van der Waals surface area contributed by atoms with E-state index in [1.54, 1.807) is 26.2 Å². The van der Waals surface area contributed by atoms with Crippen LogP contribution in [-0.4, -0.2) is 35.5 Å². The first-order chi connectivity index (χ1) is 15.1. The fourth-order valence-electron chi connectivity index (χ4n) is 3.55. The largest absolute Gasteiger partial charge is 0.480 e. The maximum atomic E-state index is 12.5. The van der Waals surface area contributed by atoms with E-state index in [2.05, 4.69) is 10.6 Å². The number of carbonyl (C=O) groups excluding carboxylic acids is 2. The molecular weight excluding hydrogens is 416 g/mol. The van der Waals surface area contributed by atoms with Gasteiger partial charge in [0.2, 0.25) is 11.8 Å². The first-order valence-corrected chi connectivity index (χ1v) is 10.3. The van der Waals surface area contributed by atoms with Crippen LogP contribution in [-0.2, 0) is 20.8 Å². The summed E-state index contributed by atoms with van der Waals surface area (Å²) in [6.07, 6.45) is 1.92. The Morgan fingerprint density at radius 2 is 1.81 bits per heavy atom. The van der Waals surface area contributed by atoms with Gasteiger partial charge in [-0.1, -0.05) is 20.3 Å². The third-order valence-corrected chi connectivity index (χ3v) is 5.75. The van der Waals surface area contributed by atoms with Gasteiger partial charge in [0.25, 0.3) is 0 Å². The summed E-state index contributed by atoms with van der Waals surface area (Å²) >= 11 is 0. The second kappa shape index (κ2) is 9.25. The molecule has 170 valence electrons. The fraction of sp³-hybridized carbons (Fsp3) is 0.391. The van der Waals surface area contributed by atoms with E-state index >= 15 is 0 Å². The van der Waals surface area contributed by atoms with Gasteiger partial charge in [-0.3, -0.25) is 9.59 Å². The molecule has 0 aliphatic rings. The maximum absolute atomic E-state index is 12.5. The summed E-state index contributed by atoms with van der Waals surface area (Å²) in [6.45, 7) is 6.79. The summed E-state index contributed by atoms with van der Waals surface area (Å²) in [7, 11) is 0. The van der Waals surface area contributed by atoms with Crippen molar-refractivity contribution in [2.75, 3.05) is 6.54 Å². The molecule has 0 aliphatic carbocycles. The van der Waals surface area contributed by atoms with Crippen LogP contribution in [0.15, 0.2) is 32.0 Å². The van der Waals surface area contributed by atoms with Crippen LogP contribution in [0, 0.1) is 19.8 Å². The fourth-order valence-corrected chi connectivity index (χ4v) is 3.55. The average molecular weight is 442 g/mol. The topological polar surface area (TPSA) is 139 Å². The summed E-state index contributed by atoms with van der Waals surface area (Å²) < 4.78 is 10.8. The van der Waals surface area contributed by atoms with Crippen molar-refractivity contribution in [3.8, 4) is 0 Å². The summed E-state index contributed by atoms with van der Waals surface area (Å²) in [5, 5.41) is 15.7. The highest BCUT2D eigenvalue weighted by Gasteiger charge is 2.25. The summed E-state index contributed by atoms with van der Waals surface area (Å²) in [6, 6.07) is 2.47. The molecule has 2 heterocycles. The number of aryl methyl sites for hydroxylation is 2. The number of benzene rings is 1. The molecule has 3 N–H and O–H groups in total. The Balaban J connectivity index is 1.73. The van der Waals surface area contributed by atoms with Gasteiger partial charge in [-0.25, -0.2) is 9.59 Å². The molecule has 32 heavy (non-hydrogen) atoms. The lowest BCUT2D eigenvalue weighted by Crippen LogP contribution is -2.48. The van der Waals surface area contributed by atoms with Crippen molar-refractivity contribution in [3.05, 3.63) is 45.5 Å². The molecule has 0 radical (unpaired) electrons. The number of amides is 2. The minimum absolute atomic E-state index is 0.193.